The number of Topliss-reactive ketones (excluding diaryl/α,β-unsaturated/α-hetero) is 1. The quantitative estimate of drug-likeness (QED) is 0.0676. The Morgan fingerprint density at radius 2 is 1.61 bits per heavy atom. The van der Waals surface area contributed by atoms with Gasteiger partial charge in [-0.25, -0.2) is 0 Å². The number of nitrogens with zero attached hydrogens (tertiary/aromatic N) is 1. The van der Waals surface area contributed by atoms with Crippen LogP contribution in [0.5, 0.6) is 11.5 Å². The molecule has 1 aromatic rings. The Hall–Kier alpha value is -3.57. The van der Waals surface area contributed by atoms with Crippen molar-refractivity contribution in [1.29, 1.82) is 0 Å². The first-order chi connectivity index (χ1) is 30.7. The summed E-state index contributed by atoms with van der Waals surface area (Å²) in [5, 5.41) is 72.5. The van der Waals surface area contributed by atoms with Crippen molar-refractivity contribution >= 4 is 23.3 Å². The summed E-state index contributed by atoms with van der Waals surface area (Å²) < 4.78 is 48.1. The molecular weight excluding hydrogens is 869 g/mol. The van der Waals surface area contributed by atoms with Gasteiger partial charge in [0, 0.05) is 43.8 Å². The predicted octanol–water partition coefficient (Wildman–Crippen LogP) is 3.12. The third kappa shape index (κ3) is 12.7. The molecule has 4 rings (SSSR count). The van der Waals surface area contributed by atoms with Crippen LogP contribution < -0.4 is 14.8 Å². The SMILES string of the molecule is CC[C@H]1OC(=O)[C@H](C)[C@@H](O[C@H]2C[C@@](C)(OC)[C@@H](O)[C@H](C)O2)[C@H](C)[C@@H](O[C@@H]2O[C@H](C)C[C@H](NC(=O)CCCOc3ccc([N+](=O)[O-])cc3OC)[C@H]2O)[C@@](C)(O)C[C@@H](C)C(=O)[C@H](C)[C@@H](O)[C@]1(C)O. The van der Waals surface area contributed by atoms with Gasteiger partial charge in [0.15, 0.2) is 24.1 Å². The molecule has 3 aliphatic rings. The number of aliphatic hydroxyl groups is 5. The molecule has 0 unspecified atom stereocenters. The van der Waals surface area contributed by atoms with E-state index in [1.165, 1.54) is 60.1 Å². The van der Waals surface area contributed by atoms with Crippen LogP contribution in [0.4, 0.5) is 5.69 Å². The lowest BCUT2D eigenvalue weighted by Crippen LogP contribution is -2.61. The van der Waals surface area contributed by atoms with Crippen molar-refractivity contribution in [3.8, 4) is 11.5 Å². The molecule has 3 heterocycles. The summed E-state index contributed by atoms with van der Waals surface area (Å²) >= 11 is 0. The first kappa shape index (κ1) is 55.0. The normalized spacial score (nSPS) is 40.7. The summed E-state index contributed by atoms with van der Waals surface area (Å²) in [5.74, 6) is -5.58. The van der Waals surface area contributed by atoms with Gasteiger partial charge < -0.3 is 68.7 Å². The minimum atomic E-state index is -2.06. The molecule has 0 saturated carbocycles. The number of cyclic esters (lactones) is 1. The van der Waals surface area contributed by atoms with E-state index in [0.717, 1.165) is 0 Å². The van der Waals surface area contributed by atoms with Gasteiger partial charge in [0.25, 0.3) is 5.69 Å². The maximum absolute atomic E-state index is 14.3. The average Bonchev–Trinajstić information content (AvgIpc) is 3.26. The van der Waals surface area contributed by atoms with E-state index in [0.29, 0.717) is 0 Å². The van der Waals surface area contributed by atoms with E-state index >= 15 is 0 Å². The van der Waals surface area contributed by atoms with E-state index in [-0.39, 0.29) is 62.3 Å². The minimum absolute atomic E-state index is 0.0184. The molecule has 20 heteroatoms. The van der Waals surface area contributed by atoms with Crippen LogP contribution in [0.1, 0.15) is 108 Å². The molecule has 20 nitrogen and oxygen atoms in total. The van der Waals surface area contributed by atoms with Crippen LogP contribution in [0.2, 0.25) is 0 Å². The Bertz CT molecular complexity index is 1810. The van der Waals surface area contributed by atoms with Gasteiger partial charge in [0.1, 0.15) is 29.7 Å². The standard InChI is InChI=1S/C46H74N2O18/c1-13-33-46(10,56)39(52)25(4)36(50)23(2)21-44(8,55)41(26(5)38(27(6)42(54)64-33)65-35-22-45(9,60-12)40(53)28(7)63-35)66-43-37(51)30(19-24(3)62-43)47-34(49)15-14-18-61-31-17-16-29(48(57)58)20-32(31)59-11/h16-17,20,23-28,30,33,35,37-41,43,51-53,55-56H,13-15,18-19,21-22H2,1-12H3,(H,47,49)/t23-,24-,25+,26+,27-,28+,30+,33-,35+,37-,38+,39-,40+,41-,43+,44+,45-,46-/m1/s1. The zero-order chi connectivity index (χ0) is 49.6. The first-order valence-electron chi connectivity index (χ1n) is 22.9. The number of nitro groups is 1. The second-order valence-electron chi connectivity index (χ2n) is 19.2. The third-order valence-electron chi connectivity index (χ3n) is 13.7. The fourth-order valence-corrected chi connectivity index (χ4v) is 9.65. The number of rotatable bonds is 14. The molecule has 1 aromatic carbocycles. The number of carbonyl (C=O) groups excluding carboxylic acids is 3. The van der Waals surface area contributed by atoms with E-state index < -0.39 is 131 Å². The number of nitro benzene ring substituents is 1. The molecule has 66 heavy (non-hydrogen) atoms. The number of non-ortho nitro benzene ring substituents is 1. The number of ether oxygens (including phenoxy) is 8. The highest BCUT2D eigenvalue weighted by atomic mass is 16.7. The molecule has 0 bridgehead atoms. The van der Waals surface area contributed by atoms with Gasteiger partial charge in [0.2, 0.25) is 5.91 Å². The molecule has 376 valence electrons. The van der Waals surface area contributed by atoms with Crippen LogP contribution in [0.3, 0.4) is 0 Å². The topological polar surface area (TPSA) is 281 Å². The van der Waals surface area contributed by atoms with Crippen LogP contribution in [-0.2, 0) is 42.8 Å². The van der Waals surface area contributed by atoms with Gasteiger partial charge in [-0.15, -0.1) is 0 Å². The largest absolute Gasteiger partial charge is 0.493 e. The summed E-state index contributed by atoms with van der Waals surface area (Å²) in [6.07, 6.45) is -11.7. The molecule has 18 atom stereocenters. The van der Waals surface area contributed by atoms with Crippen molar-refractivity contribution in [3.63, 3.8) is 0 Å². The number of esters is 1. The van der Waals surface area contributed by atoms with Gasteiger partial charge in [-0.05, 0) is 73.3 Å². The van der Waals surface area contributed by atoms with E-state index in [9.17, 15) is 50.0 Å². The summed E-state index contributed by atoms with van der Waals surface area (Å²) in [5.41, 5.74) is -5.31. The number of methoxy groups -OCH3 is 2. The molecule has 3 saturated heterocycles. The molecular formula is C46H74N2O18. The molecule has 0 spiro atoms. The molecule has 3 aliphatic heterocycles. The zero-order valence-corrected chi connectivity index (χ0v) is 40.3. The number of amides is 1. The predicted molar refractivity (Wildman–Crippen MR) is 235 cm³/mol. The lowest BCUT2D eigenvalue weighted by molar-refractivity contribution is -0.385. The van der Waals surface area contributed by atoms with Crippen molar-refractivity contribution < 1.29 is 82.7 Å². The lowest BCUT2D eigenvalue weighted by Gasteiger charge is -2.48. The Morgan fingerprint density at radius 3 is 2.21 bits per heavy atom. The highest BCUT2D eigenvalue weighted by molar-refractivity contribution is 5.83. The molecule has 0 aromatic heterocycles. The Morgan fingerprint density at radius 1 is 0.939 bits per heavy atom. The van der Waals surface area contributed by atoms with E-state index in [2.05, 4.69) is 5.32 Å². The molecule has 6 N–H and O–H groups in total. The Labute approximate surface area is 387 Å². The van der Waals surface area contributed by atoms with Crippen LogP contribution >= 0.6 is 0 Å². The van der Waals surface area contributed by atoms with E-state index in [4.69, 9.17) is 37.9 Å². The molecule has 3 fully saturated rings. The summed E-state index contributed by atoms with van der Waals surface area (Å²) in [7, 11) is 2.80. The summed E-state index contributed by atoms with van der Waals surface area (Å²) in [4.78, 5) is 52.1. The number of aliphatic hydroxyl groups excluding tert-OH is 3. The third-order valence-corrected chi connectivity index (χ3v) is 13.7. The zero-order valence-electron chi connectivity index (χ0n) is 40.3. The van der Waals surface area contributed by atoms with Crippen molar-refractivity contribution in [1.82, 2.24) is 5.32 Å². The highest BCUT2D eigenvalue weighted by Gasteiger charge is 2.53. The molecule has 1 amide bonds. The molecule has 0 radical (unpaired) electrons. The highest BCUT2D eigenvalue weighted by Crippen LogP contribution is 2.41. The number of ketones is 1. The van der Waals surface area contributed by atoms with Gasteiger partial charge in [-0.1, -0.05) is 27.7 Å². The second-order valence-corrected chi connectivity index (χ2v) is 19.2. The van der Waals surface area contributed by atoms with Gasteiger partial charge in [-0.2, -0.15) is 0 Å². The summed E-state index contributed by atoms with van der Waals surface area (Å²) in [6, 6.07) is 3.02. The number of carbonyl (C=O) groups is 3. The Kier molecular flexibility index (Phi) is 18.9. The lowest BCUT2D eigenvalue weighted by atomic mass is 9.74. The van der Waals surface area contributed by atoms with Gasteiger partial charge in [-0.3, -0.25) is 24.5 Å². The van der Waals surface area contributed by atoms with Crippen LogP contribution in [0.15, 0.2) is 18.2 Å². The van der Waals surface area contributed by atoms with Crippen molar-refractivity contribution in [3.05, 3.63) is 28.3 Å². The maximum Gasteiger partial charge on any atom is 0.311 e. The van der Waals surface area contributed by atoms with Crippen molar-refractivity contribution in [2.45, 2.75) is 192 Å². The maximum atomic E-state index is 14.3. The van der Waals surface area contributed by atoms with E-state index in [1.54, 1.807) is 41.5 Å². The number of hydrogen-bond donors (Lipinski definition) is 6. The monoisotopic (exact) mass is 942 g/mol. The first-order valence-corrected chi connectivity index (χ1v) is 22.9. The van der Waals surface area contributed by atoms with Crippen LogP contribution in [0, 0.1) is 33.8 Å². The second kappa shape index (κ2) is 22.7. The fraction of sp³-hybridized carbons (Fsp3) is 0.804. The summed E-state index contributed by atoms with van der Waals surface area (Å²) in [6.45, 7) is 15.8. The number of hydrogen-bond acceptors (Lipinski definition) is 18. The minimum Gasteiger partial charge on any atom is -0.493 e. The van der Waals surface area contributed by atoms with Gasteiger partial charge in [0.05, 0.1) is 78.4 Å². The van der Waals surface area contributed by atoms with E-state index in [1.807, 2.05) is 0 Å². The molecule has 0 aliphatic carbocycles. The Balaban J connectivity index is 1.65. The van der Waals surface area contributed by atoms with Crippen LogP contribution in [0.25, 0.3) is 0 Å². The van der Waals surface area contributed by atoms with Crippen molar-refractivity contribution in [2.75, 3.05) is 20.8 Å². The van der Waals surface area contributed by atoms with Crippen LogP contribution in [-0.4, -0.2) is 153 Å². The van der Waals surface area contributed by atoms with Crippen molar-refractivity contribution in [2.24, 2.45) is 23.7 Å². The number of benzene rings is 1. The fourth-order valence-electron chi connectivity index (χ4n) is 9.65. The number of nitrogens with one attached hydrogen (secondary N) is 1. The smallest absolute Gasteiger partial charge is 0.311 e. The average molecular weight is 943 g/mol. The van der Waals surface area contributed by atoms with Gasteiger partial charge >= 0.3 is 5.97 Å².